The van der Waals surface area contributed by atoms with E-state index in [1.54, 1.807) is 0 Å². The van der Waals surface area contributed by atoms with Gasteiger partial charge in [-0.05, 0) is 48.6 Å². The minimum absolute atomic E-state index is 0.780. The van der Waals surface area contributed by atoms with Crippen molar-refractivity contribution in [1.82, 2.24) is 0 Å². The standard InChI is InChI=1S/C13H15BrN2S/c1-9-5-7-17-13(9)4-6-16-12-3-2-10(14)8-11(12)15/h2-3,5,7-8,16H,4,6,15H2,1H3. The fourth-order valence-electron chi connectivity index (χ4n) is 1.67. The van der Waals surface area contributed by atoms with Crippen molar-refractivity contribution >= 4 is 38.6 Å². The second kappa shape index (κ2) is 5.56. The monoisotopic (exact) mass is 310 g/mol. The number of nitrogens with two attached hydrogens (primary N) is 1. The lowest BCUT2D eigenvalue weighted by Gasteiger charge is -2.09. The second-order valence-electron chi connectivity index (χ2n) is 3.94. The number of hydrogen-bond donors (Lipinski definition) is 2. The quantitative estimate of drug-likeness (QED) is 0.836. The van der Waals surface area contributed by atoms with Gasteiger partial charge in [0.1, 0.15) is 0 Å². The highest BCUT2D eigenvalue weighted by Gasteiger charge is 2.01. The molecule has 17 heavy (non-hydrogen) atoms. The van der Waals surface area contributed by atoms with E-state index in [1.807, 2.05) is 29.5 Å². The summed E-state index contributed by atoms with van der Waals surface area (Å²) in [4.78, 5) is 1.44. The summed E-state index contributed by atoms with van der Waals surface area (Å²) < 4.78 is 1.01. The van der Waals surface area contributed by atoms with E-state index in [-0.39, 0.29) is 0 Å². The molecular weight excluding hydrogens is 296 g/mol. The van der Waals surface area contributed by atoms with Gasteiger partial charge < -0.3 is 11.1 Å². The van der Waals surface area contributed by atoms with Gasteiger partial charge in [-0.2, -0.15) is 0 Å². The SMILES string of the molecule is Cc1ccsc1CCNc1ccc(Br)cc1N. The molecule has 1 aromatic heterocycles. The van der Waals surface area contributed by atoms with Crippen molar-refractivity contribution in [2.24, 2.45) is 0 Å². The number of nitrogen functional groups attached to an aromatic ring is 1. The van der Waals surface area contributed by atoms with E-state index in [0.717, 1.165) is 28.8 Å². The summed E-state index contributed by atoms with van der Waals surface area (Å²) >= 11 is 5.21. The molecule has 2 aromatic rings. The molecule has 0 fully saturated rings. The predicted molar refractivity (Wildman–Crippen MR) is 79.8 cm³/mol. The predicted octanol–water partition coefficient (Wildman–Crippen LogP) is 4.06. The molecule has 0 bridgehead atoms. The molecule has 0 spiro atoms. The second-order valence-corrected chi connectivity index (χ2v) is 5.85. The van der Waals surface area contributed by atoms with Gasteiger partial charge in [0.05, 0.1) is 11.4 Å². The van der Waals surface area contributed by atoms with E-state index < -0.39 is 0 Å². The van der Waals surface area contributed by atoms with Crippen molar-refractivity contribution in [3.8, 4) is 0 Å². The van der Waals surface area contributed by atoms with E-state index in [0.29, 0.717) is 0 Å². The van der Waals surface area contributed by atoms with Gasteiger partial charge in [0.15, 0.2) is 0 Å². The molecule has 90 valence electrons. The lowest BCUT2D eigenvalue weighted by atomic mass is 10.2. The number of nitrogens with one attached hydrogen (secondary N) is 1. The average Bonchev–Trinajstić information content (AvgIpc) is 2.68. The molecule has 4 heteroatoms. The van der Waals surface area contributed by atoms with Gasteiger partial charge in [0.25, 0.3) is 0 Å². The zero-order chi connectivity index (χ0) is 12.3. The molecule has 0 aliphatic carbocycles. The normalized spacial score (nSPS) is 10.5. The van der Waals surface area contributed by atoms with Gasteiger partial charge in [-0.25, -0.2) is 0 Å². The fraction of sp³-hybridized carbons (Fsp3) is 0.231. The van der Waals surface area contributed by atoms with E-state index in [1.165, 1.54) is 10.4 Å². The van der Waals surface area contributed by atoms with Crippen LogP contribution in [-0.2, 0) is 6.42 Å². The van der Waals surface area contributed by atoms with Crippen molar-refractivity contribution in [2.75, 3.05) is 17.6 Å². The molecule has 1 heterocycles. The van der Waals surface area contributed by atoms with Crippen LogP contribution < -0.4 is 11.1 Å². The first-order chi connectivity index (χ1) is 8.16. The van der Waals surface area contributed by atoms with Gasteiger partial charge in [-0.1, -0.05) is 15.9 Å². The van der Waals surface area contributed by atoms with Crippen molar-refractivity contribution < 1.29 is 0 Å². The van der Waals surface area contributed by atoms with Gasteiger partial charge in [0.2, 0.25) is 0 Å². The molecule has 0 radical (unpaired) electrons. The molecule has 0 saturated heterocycles. The van der Waals surface area contributed by atoms with Crippen LogP contribution in [0.5, 0.6) is 0 Å². The molecule has 2 rings (SSSR count). The van der Waals surface area contributed by atoms with Crippen LogP contribution in [0.1, 0.15) is 10.4 Å². The smallest absolute Gasteiger partial charge is 0.0574 e. The minimum Gasteiger partial charge on any atom is -0.397 e. The van der Waals surface area contributed by atoms with Crippen LogP contribution in [0.15, 0.2) is 34.1 Å². The van der Waals surface area contributed by atoms with Crippen LogP contribution in [0.4, 0.5) is 11.4 Å². The Hall–Kier alpha value is -1.00. The molecule has 0 aliphatic rings. The number of thiophene rings is 1. The van der Waals surface area contributed by atoms with Crippen LogP contribution in [0.2, 0.25) is 0 Å². The van der Waals surface area contributed by atoms with Crippen LogP contribution in [0.3, 0.4) is 0 Å². The highest BCUT2D eigenvalue weighted by atomic mass is 79.9. The number of halogens is 1. The first-order valence-corrected chi connectivity index (χ1v) is 7.16. The highest BCUT2D eigenvalue weighted by Crippen LogP contribution is 2.23. The summed E-state index contributed by atoms with van der Waals surface area (Å²) in [5.41, 5.74) is 9.08. The van der Waals surface area contributed by atoms with E-state index in [4.69, 9.17) is 5.73 Å². The third-order valence-electron chi connectivity index (χ3n) is 2.65. The molecular formula is C13H15BrN2S. The van der Waals surface area contributed by atoms with Crippen molar-refractivity contribution in [3.63, 3.8) is 0 Å². The van der Waals surface area contributed by atoms with E-state index in [2.05, 4.69) is 39.6 Å². The summed E-state index contributed by atoms with van der Waals surface area (Å²) in [5.74, 6) is 0. The maximum atomic E-state index is 5.92. The Bertz CT molecular complexity index is 508. The molecule has 0 aliphatic heterocycles. The van der Waals surface area contributed by atoms with Crippen molar-refractivity contribution in [2.45, 2.75) is 13.3 Å². The highest BCUT2D eigenvalue weighted by molar-refractivity contribution is 9.10. The zero-order valence-electron chi connectivity index (χ0n) is 9.66. The summed E-state index contributed by atoms with van der Waals surface area (Å²) in [7, 11) is 0. The summed E-state index contributed by atoms with van der Waals surface area (Å²) in [6, 6.07) is 8.07. The largest absolute Gasteiger partial charge is 0.397 e. The maximum absolute atomic E-state index is 5.92. The molecule has 3 N–H and O–H groups in total. The first-order valence-electron chi connectivity index (χ1n) is 5.48. The number of hydrogen-bond acceptors (Lipinski definition) is 3. The summed E-state index contributed by atoms with van der Waals surface area (Å²) in [6.07, 6.45) is 1.04. The number of benzene rings is 1. The number of anilines is 2. The van der Waals surface area contributed by atoms with Gasteiger partial charge in [-0.15, -0.1) is 11.3 Å². The summed E-state index contributed by atoms with van der Waals surface area (Å²) in [5, 5.41) is 5.50. The van der Waals surface area contributed by atoms with Crippen LogP contribution in [0.25, 0.3) is 0 Å². The zero-order valence-corrected chi connectivity index (χ0v) is 12.1. The van der Waals surface area contributed by atoms with Crippen LogP contribution in [-0.4, -0.2) is 6.54 Å². The lowest BCUT2D eigenvalue weighted by molar-refractivity contribution is 1.03. The van der Waals surface area contributed by atoms with Gasteiger partial charge in [0, 0.05) is 15.9 Å². The molecule has 0 amide bonds. The Morgan fingerprint density at radius 3 is 2.82 bits per heavy atom. The van der Waals surface area contributed by atoms with Crippen LogP contribution in [0, 0.1) is 6.92 Å². The molecule has 1 aromatic carbocycles. The topological polar surface area (TPSA) is 38.0 Å². The Labute approximate surface area is 114 Å². The molecule has 2 nitrogen and oxygen atoms in total. The third kappa shape index (κ3) is 3.23. The molecule has 0 saturated carbocycles. The lowest BCUT2D eigenvalue weighted by Crippen LogP contribution is -2.06. The molecule has 0 atom stereocenters. The van der Waals surface area contributed by atoms with Crippen molar-refractivity contribution in [3.05, 3.63) is 44.6 Å². The Kier molecular flexibility index (Phi) is 4.07. The Balaban J connectivity index is 1.92. The van der Waals surface area contributed by atoms with Crippen LogP contribution >= 0.6 is 27.3 Å². The number of rotatable bonds is 4. The third-order valence-corrected chi connectivity index (χ3v) is 4.23. The Morgan fingerprint density at radius 2 is 2.18 bits per heavy atom. The van der Waals surface area contributed by atoms with E-state index in [9.17, 15) is 0 Å². The summed E-state index contributed by atoms with van der Waals surface area (Å²) in [6.45, 7) is 3.06. The molecule has 0 unspecified atom stereocenters. The average molecular weight is 311 g/mol. The van der Waals surface area contributed by atoms with E-state index >= 15 is 0 Å². The number of aryl methyl sites for hydroxylation is 1. The Morgan fingerprint density at radius 1 is 1.35 bits per heavy atom. The minimum atomic E-state index is 0.780. The fourth-order valence-corrected chi connectivity index (χ4v) is 2.95. The van der Waals surface area contributed by atoms with Gasteiger partial charge >= 0.3 is 0 Å². The maximum Gasteiger partial charge on any atom is 0.0574 e. The first kappa shape index (κ1) is 12.5. The van der Waals surface area contributed by atoms with Crippen molar-refractivity contribution in [1.29, 1.82) is 0 Å². The van der Waals surface area contributed by atoms with Gasteiger partial charge in [-0.3, -0.25) is 0 Å².